The summed E-state index contributed by atoms with van der Waals surface area (Å²) in [5.74, 6) is 2.63. The summed E-state index contributed by atoms with van der Waals surface area (Å²) in [5, 5.41) is 3.41. The average molecular weight is 219 g/mol. The van der Waals surface area contributed by atoms with Crippen LogP contribution in [0.3, 0.4) is 0 Å². The Balaban J connectivity index is 1.74. The van der Waals surface area contributed by atoms with E-state index in [1.165, 1.54) is 18.4 Å². The first kappa shape index (κ1) is 9.97. The molecule has 1 aromatic carbocycles. The van der Waals surface area contributed by atoms with Crippen molar-refractivity contribution < 1.29 is 9.47 Å². The van der Waals surface area contributed by atoms with Crippen molar-refractivity contribution in [1.82, 2.24) is 5.32 Å². The minimum Gasteiger partial charge on any atom is -0.454 e. The quantitative estimate of drug-likeness (QED) is 0.839. The van der Waals surface area contributed by atoms with Crippen LogP contribution in [0.1, 0.15) is 18.4 Å². The Kier molecular flexibility index (Phi) is 2.48. The molecule has 0 bridgehead atoms. The van der Waals surface area contributed by atoms with Crippen molar-refractivity contribution in [2.24, 2.45) is 5.92 Å². The fourth-order valence-corrected chi connectivity index (χ4v) is 2.32. The molecule has 0 unspecified atom stereocenters. The lowest BCUT2D eigenvalue weighted by Crippen LogP contribution is -2.29. The van der Waals surface area contributed by atoms with Gasteiger partial charge in [-0.3, -0.25) is 0 Å². The lowest BCUT2D eigenvalue weighted by Gasteiger charge is -2.15. The van der Waals surface area contributed by atoms with Crippen LogP contribution < -0.4 is 14.8 Å². The van der Waals surface area contributed by atoms with E-state index in [9.17, 15) is 0 Å². The highest BCUT2D eigenvalue weighted by Crippen LogP contribution is 2.36. The minimum atomic E-state index is 0.358. The van der Waals surface area contributed by atoms with Crippen LogP contribution in [0.25, 0.3) is 0 Å². The molecule has 3 rings (SSSR count). The summed E-state index contributed by atoms with van der Waals surface area (Å²) in [6.45, 7) is 0.358. The molecule has 1 atom stereocenters. The summed E-state index contributed by atoms with van der Waals surface area (Å²) in [6.07, 6.45) is 3.82. The summed E-state index contributed by atoms with van der Waals surface area (Å²) in [5.41, 5.74) is 1.33. The van der Waals surface area contributed by atoms with E-state index in [-0.39, 0.29) is 0 Å². The van der Waals surface area contributed by atoms with Gasteiger partial charge < -0.3 is 14.8 Å². The Morgan fingerprint density at radius 1 is 1.31 bits per heavy atom. The zero-order valence-corrected chi connectivity index (χ0v) is 9.53. The molecule has 1 saturated carbocycles. The molecule has 3 nitrogen and oxygen atoms in total. The van der Waals surface area contributed by atoms with Gasteiger partial charge in [0.05, 0.1) is 0 Å². The highest BCUT2D eigenvalue weighted by atomic mass is 16.7. The van der Waals surface area contributed by atoms with Gasteiger partial charge in [-0.1, -0.05) is 6.07 Å². The predicted octanol–water partition coefficient (Wildman–Crippen LogP) is 1.96. The summed E-state index contributed by atoms with van der Waals surface area (Å²) in [7, 11) is 2.05. The molecular formula is C13H17NO2. The first-order chi connectivity index (χ1) is 7.86. The minimum absolute atomic E-state index is 0.358. The molecule has 0 saturated heterocycles. The predicted molar refractivity (Wildman–Crippen MR) is 61.8 cm³/mol. The Morgan fingerprint density at radius 2 is 2.12 bits per heavy atom. The highest BCUT2D eigenvalue weighted by molar-refractivity contribution is 5.44. The molecule has 16 heavy (non-hydrogen) atoms. The number of likely N-dealkylation sites (N-methyl/N-ethyl adjacent to an activating group) is 1. The maximum absolute atomic E-state index is 5.39. The van der Waals surface area contributed by atoms with Crippen LogP contribution in [-0.2, 0) is 6.42 Å². The molecule has 0 spiro atoms. The summed E-state index contributed by atoms with van der Waals surface area (Å²) in [6, 6.07) is 6.87. The smallest absolute Gasteiger partial charge is 0.231 e. The van der Waals surface area contributed by atoms with Crippen molar-refractivity contribution in [2.75, 3.05) is 13.8 Å². The van der Waals surface area contributed by atoms with Gasteiger partial charge in [0.15, 0.2) is 11.5 Å². The second-order valence-corrected chi connectivity index (χ2v) is 4.62. The number of ether oxygens (including phenoxy) is 2. The topological polar surface area (TPSA) is 30.5 Å². The van der Waals surface area contributed by atoms with Crippen LogP contribution in [0.5, 0.6) is 11.5 Å². The second kappa shape index (κ2) is 3.98. The van der Waals surface area contributed by atoms with Gasteiger partial charge >= 0.3 is 0 Å². The number of hydrogen-bond donors (Lipinski definition) is 1. The summed E-state index contributed by atoms with van der Waals surface area (Å²) >= 11 is 0. The van der Waals surface area contributed by atoms with Crippen molar-refractivity contribution in [1.29, 1.82) is 0 Å². The van der Waals surface area contributed by atoms with Gasteiger partial charge in [-0.25, -0.2) is 0 Å². The van der Waals surface area contributed by atoms with Gasteiger partial charge in [0.25, 0.3) is 0 Å². The number of fused-ring (bicyclic) bond motifs is 1. The van der Waals surface area contributed by atoms with Gasteiger partial charge in [-0.05, 0) is 49.9 Å². The van der Waals surface area contributed by atoms with E-state index in [2.05, 4.69) is 24.5 Å². The van der Waals surface area contributed by atoms with Crippen molar-refractivity contribution in [3.8, 4) is 11.5 Å². The third-order valence-electron chi connectivity index (χ3n) is 3.45. The summed E-state index contributed by atoms with van der Waals surface area (Å²) < 4.78 is 10.7. The average Bonchev–Trinajstić information content (AvgIpc) is 3.04. The lowest BCUT2D eigenvalue weighted by atomic mass is 10.0. The molecule has 2 aliphatic rings. The standard InChI is InChI=1S/C13H17NO2/c1-14-11(10-3-4-10)6-9-2-5-12-13(7-9)16-8-15-12/h2,5,7,10-11,14H,3-4,6,8H2,1H3/t11-/m1/s1. The van der Waals surface area contributed by atoms with Gasteiger partial charge in [-0.2, -0.15) is 0 Å². The van der Waals surface area contributed by atoms with Crippen molar-refractivity contribution in [3.63, 3.8) is 0 Å². The number of rotatable bonds is 4. The maximum atomic E-state index is 5.39. The van der Waals surface area contributed by atoms with Crippen LogP contribution in [0.15, 0.2) is 18.2 Å². The van der Waals surface area contributed by atoms with Crippen LogP contribution in [0.4, 0.5) is 0 Å². The maximum Gasteiger partial charge on any atom is 0.231 e. The van der Waals surface area contributed by atoms with E-state index >= 15 is 0 Å². The van der Waals surface area contributed by atoms with Gasteiger partial charge in [-0.15, -0.1) is 0 Å². The second-order valence-electron chi connectivity index (χ2n) is 4.62. The first-order valence-corrected chi connectivity index (χ1v) is 5.92. The third-order valence-corrected chi connectivity index (χ3v) is 3.45. The monoisotopic (exact) mass is 219 g/mol. The van der Waals surface area contributed by atoms with E-state index in [0.29, 0.717) is 12.8 Å². The molecule has 86 valence electrons. The Morgan fingerprint density at radius 3 is 2.88 bits per heavy atom. The van der Waals surface area contributed by atoms with Gasteiger partial charge in [0.2, 0.25) is 6.79 Å². The zero-order chi connectivity index (χ0) is 11.0. The van der Waals surface area contributed by atoms with Crippen LogP contribution in [-0.4, -0.2) is 19.9 Å². The molecule has 1 aliphatic carbocycles. The molecule has 1 aliphatic heterocycles. The summed E-state index contributed by atoms with van der Waals surface area (Å²) in [4.78, 5) is 0. The van der Waals surface area contributed by atoms with Crippen LogP contribution in [0, 0.1) is 5.92 Å². The lowest BCUT2D eigenvalue weighted by molar-refractivity contribution is 0.174. The highest BCUT2D eigenvalue weighted by Gasteiger charge is 2.30. The molecule has 1 heterocycles. The molecule has 3 heteroatoms. The molecule has 0 radical (unpaired) electrons. The van der Waals surface area contributed by atoms with E-state index in [4.69, 9.17) is 9.47 Å². The Bertz CT molecular complexity index is 388. The van der Waals surface area contributed by atoms with Gasteiger partial charge in [0, 0.05) is 6.04 Å². The first-order valence-electron chi connectivity index (χ1n) is 5.92. The normalized spacial score (nSPS) is 19.8. The zero-order valence-electron chi connectivity index (χ0n) is 9.53. The van der Waals surface area contributed by atoms with E-state index in [1.807, 2.05) is 6.07 Å². The molecule has 1 fully saturated rings. The Hall–Kier alpha value is -1.22. The van der Waals surface area contributed by atoms with E-state index < -0.39 is 0 Å². The van der Waals surface area contributed by atoms with Crippen LogP contribution in [0.2, 0.25) is 0 Å². The Labute approximate surface area is 95.8 Å². The largest absolute Gasteiger partial charge is 0.454 e. The number of nitrogens with one attached hydrogen (secondary N) is 1. The molecular weight excluding hydrogens is 202 g/mol. The molecule has 1 N–H and O–H groups in total. The third kappa shape index (κ3) is 1.87. The fourth-order valence-electron chi connectivity index (χ4n) is 2.32. The van der Waals surface area contributed by atoms with E-state index in [0.717, 1.165) is 23.8 Å². The van der Waals surface area contributed by atoms with Crippen LogP contribution >= 0.6 is 0 Å². The number of hydrogen-bond acceptors (Lipinski definition) is 3. The molecule has 0 aromatic heterocycles. The van der Waals surface area contributed by atoms with Crippen molar-refractivity contribution in [2.45, 2.75) is 25.3 Å². The molecule has 0 amide bonds. The molecule has 1 aromatic rings. The van der Waals surface area contributed by atoms with Crippen molar-refractivity contribution >= 4 is 0 Å². The SMILES string of the molecule is CN[C@H](Cc1ccc2c(c1)OCO2)C1CC1. The van der Waals surface area contributed by atoms with E-state index in [1.54, 1.807) is 0 Å². The van der Waals surface area contributed by atoms with Crippen molar-refractivity contribution in [3.05, 3.63) is 23.8 Å². The fraction of sp³-hybridized carbons (Fsp3) is 0.538. The van der Waals surface area contributed by atoms with Gasteiger partial charge in [0.1, 0.15) is 0 Å². The number of benzene rings is 1.